The Hall–Kier alpha value is -2.14. The number of nitrogens with zero attached hydrogens (tertiary/aromatic N) is 3. The Labute approximate surface area is 128 Å². The molecule has 21 heavy (non-hydrogen) atoms. The van der Waals surface area contributed by atoms with Crippen molar-refractivity contribution in [2.24, 2.45) is 0 Å². The summed E-state index contributed by atoms with van der Waals surface area (Å²) in [5.74, 6) is 0.0447. The predicted molar refractivity (Wildman–Crippen MR) is 83.5 cm³/mol. The van der Waals surface area contributed by atoms with E-state index in [1.807, 2.05) is 24.3 Å². The Morgan fingerprint density at radius 2 is 1.86 bits per heavy atom. The maximum Gasteiger partial charge on any atom is 0.257 e. The van der Waals surface area contributed by atoms with Crippen molar-refractivity contribution in [3.8, 4) is 0 Å². The zero-order valence-corrected chi connectivity index (χ0v) is 13.0. The van der Waals surface area contributed by atoms with Crippen LogP contribution in [0.1, 0.15) is 27.3 Å². The smallest absolute Gasteiger partial charge is 0.257 e. The van der Waals surface area contributed by atoms with Crippen LogP contribution in [0.3, 0.4) is 0 Å². The summed E-state index contributed by atoms with van der Waals surface area (Å²) >= 11 is 5.88. The molecule has 6 heteroatoms. The van der Waals surface area contributed by atoms with Crippen LogP contribution >= 0.6 is 11.6 Å². The number of aryl methyl sites for hydroxylation is 1. The second-order valence-corrected chi connectivity index (χ2v) is 5.43. The maximum absolute atomic E-state index is 12.3. The number of benzene rings is 1. The number of anilines is 1. The van der Waals surface area contributed by atoms with Gasteiger partial charge < -0.3 is 10.6 Å². The van der Waals surface area contributed by atoms with E-state index >= 15 is 0 Å². The van der Waals surface area contributed by atoms with E-state index in [-0.39, 0.29) is 11.9 Å². The van der Waals surface area contributed by atoms with Crippen LogP contribution in [-0.2, 0) is 6.42 Å². The monoisotopic (exact) mass is 304 g/mol. The molecule has 0 unspecified atom stereocenters. The van der Waals surface area contributed by atoms with Crippen LogP contribution in [0.5, 0.6) is 0 Å². The highest BCUT2D eigenvalue weighted by Crippen LogP contribution is 2.19. The van der Waals surface area contributed by atoms with Gasteiger partial charge in [-0.25, -0.2) is 9.97 Å². The van der Waals surface area contributed by atoms with Crippen molar-refractivity contribution in [3.05, 3.63) is 51.8 Å². The third kappa shape index (κ3) is 3.49. The summed E-state index contributed by atoms with van der Waals surface area (Å²) in [6, 6.07) is 7.42. The Kier molecular flexibility index (Phi) is 4.43. The van der Waals surface area contributed by atoms with Crippen molar-refractivity contribution in [3.63, 3.8) is 0 Å². The zero-order chi connectivity index (χ0) is 15.6. The van der Waals surface area contributed by atoms with Crippen molar-refractivity contribution in [2.45, 2.75) is 13.3 Å². The number of nitrogen functional groups attached to an aromatic ring is 1. The molecule has 0 radical (unpaired) electrons. The molecular formula is C15H17ClN4O. The van der Waals surface area contributed by atoms with Crippen LogP contribution in [-0.4, -0.2) is 34.9 Å². The molecule has 2 N–H and O–H groups in total. The summed E-state index contributed by atoms with van der Waals surface area (Å²) in [4.78, 5) is 22.2. The average molecular weight is 305 g/mol. The van der Waals surface area contributed by atoms with Gasteiger partial charge in [-0.1, -0.05) is 23.7 Å². The number of carbonyl (C=O) groups is 1. The Morgan fingerprint density at radius 3 is 2.43 bits per heavy atom. The second-order valence-electron chi connectivity index (χ2n) is 4.99. The first-order valence-corrected chi connectivity index (χ1v) is 6.85. The predicted octanol–water partition coefficient (Wildman–Crippen LogP) is 2.31. The van der Waals surface area contributed by atoms with Gasteiger partial charge in [0.2, 0.25) is 5.95 Å². The van der Waals surface area contributed by atoms with Gasteiger partial charge in [-0.05, 0) is 24.6 Å². The number of halogens is 1. The number of hydrogen-bond donors (Lipinski definition) is 1. The summed E-state index contributed by atoms with van der Waals surface area (Å²) in [5.41, 5.74) is 8.44. The molecule has 0 bridgehead atoms. The van der Waals surface area contributed by atoms with E-state index < -0.39 is 0 Å². The summed E-state index contributed by atoms with van der Waals surface area (Å²) in [7, 11) is 3.40. The molecule has 1 aromatic carbocycles. The number of nitrogens with two attached hydrogens (primary N) is 1. The van der Waals surface area contributed by atoms with Crippen LogP contribution in [0.25, 0.3) is 0 Å². The van der Waals surface area contributed by atoms with Crippen molar-refractivity contribution in [1.29, 1.82) is 0 Å². The fourth-order valence-corrected chi connectivity index (χ4v) is 2.21. The van der Waals surface area contributed by atoms with Gasteiger partial charge >= 0.3 is 0 Å². The lowest BCUT2D eigenvalue weighted by atomic mass is 10.0. The van der Waals surface area contributed by atoms with Crippen molar-refractivity contribution >= 4 is 23.5 Å². The highest BCUT2D eigenvalue weighted by molar-refractivity contribution is 6.30. The minimum absolute atomic E-state index is 0.128. The highest BCUT2D eigenvalue weighted by atomic mass is 35.5. The van der Waals surface area contributed by atoms with E-state index in [9.17, 15) is 4.79 Å². The molecule has 2 rings (SSSR count). The first-order valence-electron chi connectivity index (χ1n) is 6.47. The van der Waals surface area contributed by atoms with Gasteiger partial charge in [0.1, 0.15) is 0 Å². The third-order valence-corrected chi connectivity index (χ3v) is 3.34. The lowest BCUT2D eigenvalue weighted by molar-refractivity contribution is 0.0825. The first kappa shape index (κ1) is 15.3. The molecule has 5 nitrogen and oxygen atoms in total. The molecule has 1 amide bonds. The topological polar surface area (TPSA) is 72.1 Å². The van der Waals surface area contributed by atoms with Gasteiger partial charge in [-0.3, -0.25) is 4.79 Å². The minimum atomic E-state index is -0.128. The van der Waals surface area contributed by atoms with Crippen LogP contribution in [0, 0.1) is 6.92 Å². The number of amides is 1. The molecule has 0 saturated heterocycles. The van der Waals surface area contributed by atoms with Crippen molar-refractivity contribution in [2.75, 3.05) is 19.8 Å². The molecular weight excluding hydrogens is 288 g/mol. The normalized spacial score (nSPS) is 10.5. The molecule has 0 saturated carbocycles. The highest BCUT2D eigenvalue weighted by Gasteiger charge is 2.19. The summed E-state index contributed by atoms with van der Waals surface area (Å²) in [6.45, 7) is 1.76. The first-order chi connectivity index (χ1) is 9.88. The Morgan fingerprint density at radius 1 is 1.24 bits per heavy atom. The fourth-order valence-electron chi connectivity index (χ4n) is 2.08. The van der Waals surface area contributed by atoms with Gasteiger partial charge in [0, 0.05) is 25.5 Å². The lowest BCUT2D eigenvalue weighted by Gasteiger charge is -2.15. The summed E-state index contributed by atoms with van der Waals surface area (Å²) in [5, 5.41) is 0.668. The van der Waals surface area contributed by atoms with Gasteiger partial charge in [0.15, 0.2) is 0 Å². The van der Waals surface area contributed by atoms with E-state index in [4.69, 9.17) is 17.3 Å². The number of aromatic nitrogens is 2. The summed E-state index contributed by atoms with van der Waals surface area (Å²) in [6.07, 6.45) is 0.500. The standard InChI is InChI=1S/C15H17ClN4O/c1-9-13(14(21)20(2)3)12(19-15(17)18-9)8-10-4-6-11(16)7-5-10/h4-7H,8H2,1-3H3,(H2,17,18,19). The number of hydrogen-bond acceptors (Lipinski definition) is 4. The molecule has 0 spiro atoms. The number of rotatable bonds is 3. The molecule has 1 heterocycles. The molecule has 0 aliphatic heterocycles. The van der Waals surface area contributed by atoms with Gasteiger partial charge in [-0.15, -0.1) is 0 Å². The van der Waals surface area contributed by atoms with Gasteiger partial charge in [0.05, 0.1) is 17.0 Å². The van der Waals surface area contributed by atoms with E-state index in [2.05, 4.69) is 9.97 Å². The minimum Gasteiger partial charge on any atom is -0.368 e. The van der Waals surface area contributed by atoms with Crippen LogP contribution in [0.2, 0.25) is 5.02 Å². The SMILES string of the molecule is Cc1nc(N)nc(Cc2ccc(Cl)cc2)c1C(=O)N(C)C. The van der Waals surface area contributed by atoms with Crippen molar-refractivity contribution in [1.82, 2.24) is 14.9 Å². The van der Waals surface area contributed by atoms with Gasteiger partial charge in [-0.2, -0.15) is 0 Å². The van der Waals surface area contributed by atoms with E-state index in [1.54, 1.807) is 21.0 Å². The zero-order valence-electron chi connectivity index (χ0n) is 12.2. The molecule has 0 atom stereocenters. The Bertz CT molecular complexity index is 668. The van der Waals surface area contributed by atoms with E-state index in [1.165, 1.54) is 4.90 Å². The van der Waals surface area contributed by atoms with Crippen LogP contribution in [0.4, 0.5) is 5.95 Å². The summed E-state index contributed by atoms with van der Waals surface area (Å²) < 4.78 is 0. The average Bonchev–Trinajstić information content (AvgIpc) is 2.40. The maximum atomic E-state index is 12.3. The van der Waals surface area contributed by atoms with E-state index in [0.717, 1.165) is 5.56 Å². The molecule has 0 aliphatic carbocycles. The largest absolute Gasteiger partial charge is 0.368 e. The van der Waals surface area contributed by atoms with Crippen LogP contribution < -0.4 is 5.73 Å². The second kappa shape index (κ2) is 6.10. The molecule has 0 aliphatic rings. The Balaban J connectivity index is 2.46. The van der Waals surface area contributed by atoms with E-state index in [0.29, 0.717) is 28.4 Å². The van der Waals surface area contributed by atoms with Crippen LogP contribution in [0.15, 0.2) is 24.3 Å². The molecule has 2 aromatic rings. The fraction of sp³-hybridized carbons (Fsp3) is 0.267. The number of carbonyl (C=O) groups excluding carboxylic acids is 1. The third-order valence-electron chi connectivity index (χ3n) is 3.09. The quantitative estimate of drug-likeness (QED) is 0.944. The van der Waals surface area contributed by atoms with Gasteiger partial charge in [0.25, 0.3) is 5.91 Å². The molecule has 1 aromatic heterocycles. The lowest BCUT2D eigenvalue weighted by Crippen LogP contribution is -2.25. The molecule has 0 fully saturated rings. The van der Waals surface area contributed by atoms with Crippen molar-refractivity contribution < 1.29 is 4.79 Å². The molecule has 110 valence electrons.